The summed E-state index contributed by atoms with van der Waals surface area (Å²) in [5.41, 5.74) is 1.69. The predicted molar refractivity (Wildman–Crippen MR) is 87.5 cm³/mol. The Morgan fingerprint density at radius 3 is 2.68 bits per heavy atom. The van der Waals surface area contributed by atoms with E-state index in [9.17, 15) is 4.79 Å². The highest BCUT2D eigenvalue weighted by atomic mass is 16.5. The summed E-state index contributed by atoms with van der Waals surface area (Å²) >= 11 is 0. The second-order valence-electron chi connectivity index (χ2n) is 4.98. The van der Waals surface area contributed by atoms with Gasteiger partial charge in [-0.05, 0) is 44.5 Å². The van der Waals surface area contributed by atoms with E-state index in [1.807, 2.05) is 56.3 Å². The highest BCUT2D eigenvalue weighted by Gasteiger charge is 2.15. The number of rotatable bonds is 6. The van der Waals surface area contributed by atoms with Gasteiger partial charge in [0.05, 0.1) is 6.61 Å². The van der Waals surface area contributed by atoms with Crippen molar-refractivity contribution in [3.8, 4) is 11.5 Å². The molecule has 0 heterocycles. The molecule has 2 aromatic rings. The number of amides is 1. The molecule has 0 aromatic heterocycles. The number of hydrogen-bond acceptors (Lipinski definition) is 3. The summed E-state index contributed by atoms with van der Waals surface area (Å²) in [4.78, 5) is 12.2. The van der Waals surface area contributed by atoms with Gasteiger partial charge in [-0.15, -0.1) is 0 Å². The summed E-state index contributed by atoms with van der Waals surface area (Å²) in [5.74, 6) is 1.25. The smallest absolute Gasteiger partial charge is 0.265 e. The molecule has 0 aliphatic heterocycles. The summed E-state index contributed by atoms with van der Waals surface area (Å²) < 4.78 is 11.1. The zero-order chi connectivity index (χ0) is 15.9. The zero-order valence-corrected chi connectivity index (χ0v) is 13.1. The van der Waals surface area contributed by atoms with E-state index in [-0.39, 0.29) is 5.91 Å². The number of anilines is 1. The normalized spacial score (nSPS) is 11.6. The van der Waals surface area contributed by atoms with Gasteiger partial charge in [-0.1, -0.05) is 24.3 Å². The van der Waals surface area contributed by atoms with Gasteiger partial charge in [0.2, 0.25) is 0 Å². The molecule has 1 N–H and O–H groups in total. The van der Waals surface area contributed by atoms with Gasteiger partial charge in [0, 0.05) is 11.8 Å². The molecule has 0 saturated heterocycles. The fourth-order valence-electron chi connectivity index (χ4n) is 2.01. The fourth-order valence-corrected chi connectivity index (χ4v) is 2.01. The molecular weight excluding hydrogens is 278 g/mol. The first-order chi connectivity index (χ1) is 10.6. The Bertz CT molecular complexity index is 640. The Labute approximate surface area is 131 Å². The molecule has 0 unspecified atom stereocenters. The predicted octanol–water partition coefficient (Wildman–Crippen LogP) is 3.80. The molecule has 22 heavy (non-hydrogen) atoms. The Morgan fingerprint density at radius 2 is 1.95 bits per heavy atom. The van der Waals surface area contributed by atoms with Crippen LogP contribution >= 0.6 is 0 Å². The van der Waals surface area contributed by atoms with Crippen molar-refractivity contribution in [3.05, 3.63) is 54.1 Å². The van der Waals surface area contributed by atoms with Crippen molar-refractivity contribution in [3.63, 3.8) is 0 Å². The van der Waals surface area contributed by atoms with Crippen LogP contribution in [0.25, 0.3) is 0 Å². The van der Waals surface area contributed by atoms with Gasteiger partial charge in [0.15, 0.2) is 6.10 Å². The summed E-state index contributed by atoms with van der Waals surface area (Å²) in [6.07, 6.45) is -0.586. The van der Waals surface area contributed by atoms with Gasteiger partial charge in [0.1, 0.15) is 11.5 Å². The van der Waals surface area contributed by atoms with Gasteiger partial charge in [-0.2, -0.15) is 0 Å². The number of carbonyl (C=O) groups is 1. The SMILES string of the molecule is CCOc1cccc(NC(=O)[C@@H](C)Oc2ccccc2C)c1. The van der Waals surface area contributed by atoms with Crippen molar-refractivity contribution in [2.45, 2.75) is 26.9 Å². The molecule has 1 amide bonds. The van der Waals surface area contributed by atoms with Crippen LogP contribution < -0.4 is 14.8 Å². The van der Waals surface area contributed by atoms with Crippen molar-refractivity contribution in [1.29, 1.82) is 0 Å². The summed E-state index contributed by atoms with van der Waals surface area (Å²) in [6, 6.07) is 14.9. The number of ether oxygens (including phenoxy) is 2. The van der Waals surface area contributed by atoms with Gasteiger partial charge in [-0.25, -0.2) is 0 Å². The Kier molecular flexibility index (Phi) is 5.42. The number of hydrogen-bond donors (Lipinski definition) is 1. The van der Waals surface area contributed by atoms with E-state index >= 15 is 0 Å². The van der Waals surface area contributed by atoms with Gasteiger partial charge in [-0.3, -0.25) is 4.79 Å². The lowest BCUT2D eigenvalue weighted by Crippen LogP contribution is -2.30. The number of carbonyl (C=O) groups excluding carboxylic acids is 1. The second-order valence-corrected chi connectivity index (χ2v) is 4.98. The summed E-state index contributed by atoms with van der Waals surface area (Å²) in [5, 5.41) is 2.84. The maximum absolute atomic E-state index is 12.2. The van der Waals surface area contributed by atoms with Crippen LogP contribution in [-0.2, 0) is 4.79 Å². The third-order valence-corrected chi connectivity index (χ3v) is 3.18. The van der Waals surface area contributed by atoms with Crippen LogP contribution in [0.15, 0.2) is 48.5 Å². The van der Waals surface area contributed by atoms with Crippen molar-refractivity contribution in [1.82, 2.24) is 0 Å². The molecule has 4 nitrogen and oxygen atoms in total. The van der Waals surface area contributed by atoms with Crippen LogP contribution in [0.1, 0.15) is 19.4 Å². The molecule has 0 aliphatic carbocycles. The number of benzene rings is 2. The van der Waals surface area contributed by atoms with Crippen molar-refractivity contribution < 1.29 is 14.3 Å². The van der Waals surface area contributed by atoms with E-state index in [4.69, 9.17) is 9.47 Å². The zero-order valence-electron chi connectivity index (χ0n) is 13.1. The summed E-state index contributed by atoms with van der Waals surface area (Å²) in [7, 11) is 0. The molecule has 4 heteroatoms. The largest absolute Gasteiger partial charge is 0.494 e. The molecular formula is C18H21NO3. The van der Waals surface area contributed by atoms with Crippen LogP contribution in [0.3, 0.4) is 0 Å². The van der Waals surface area contributed by atoms with E-state index in [1.165, 1.54) is 0 Å². The number of para-hydroxylation sites is 1. The van der Waals surface area contributed by atoms with Crippen LogP contribution in [0.4, 0.5) is 5.69 Å². The third-order valence-electron chi connectivity index (χ3n) is 3.18. The van der Waals surface area contributed by atoms with Gasteiger partial charge >= 0.3 is 0 Å². The fraction of sp³-hybridized carbons (Fsp3) is 0.278. The first kappa shape index (κ1) is 15.9. The van der Waals surface area contributed by atoms with Crippen LogP contribution in [-0.4, -0.2) is 18.6 Å². The first-order valence-corrected chi connectivity index (χ1v) is 7.36. The van der Waals surface area contributed by atoms with Crippen LogP contribution in [0, 0.1) is 6.92 Å². The second kappa shape index (κ2) is 7.50. The maximum atomic E-state index is 12.2. The first-order valence-electron chi connectivity index (χ1n) is 7.36. The van der Waals surface area contributed by atoms with E-state index in [1.54, 1.807) is 13.0 Å². The molecule has 0 bridgehead atoms. The third kappa shape index (κ3) is 4.25. The highest BCUT2D eigenvalue weighted by molar-refractivity contribution is 5.94. The monoisotopic (exact) mass is 299 g/mol. The average molecular weight is 299 g/mol. The molecule has 2 aromatic carbocycles. The van der Waals surface area contributed by atoms with Gasteiger partial charge in [0.25, 0.3) is 5.91 Å². The van der Waals surface area contributed by atoms with E-state index in [0.29, 0.717) is 18.0 Å². The Morgan fingerprint density at radius 1 is 1.18 bits per heavy atom. The minimum atomic E-state index is -0.586. The molecule has 0 spiro atoms. The van der Waals surface area contributed by atoms with E-state index < -0.39 is 6.10 Å². The number of aryl methyl sites for hydroxylation is 1. The topological polar surface area (TPSA) is 47.6 Å². The lowest BCUT2D eigenvalue weighted by molar-refractivity contribution is -0.122. The Hall–Kier alpha value is -2.49. The Balaban J connectivity index is 1.99. The lowest BCUT2D eigenvalue weighted by Gasteiger charge is -2.16. The average Bonchev–Trinajstić information content (AvgIpc) is 2.50. The molecule has 1 atom stereocenters. The minimum Gasteiger partial charge on any atom is -0.494 e. The van der Waals surface area contributed by atoms with Crippen LogP contribution in [0.5, 0.6) is 11.5 Å². The van der Waals surface area contributed by atoms with Gasteiger partial charge < -0.3 is 14.8 Å². The van der Waals surface area contributed by atoms with Crippen molar-refractivity contribution in [2.75, 3.05) is 11.9 Å². The standard InChI is InChI=1S/C18H21NO3/c1-4-21-16-10-7-9-15(12-16)19-18(20)14(3)22-17-11-6-5-8-13(17)2/h5-12,14H,4H2,1-3H3,(H,19,20)/t14-/m1/s1. The van der Waals surface area contributed by atoms with Crippen molar-refractivity contribution in [2.24, 2.45) is 0 Å². The molecule has 2 rings (SSSR count). The highest BCUT2D eigenvalue weighted by Crippen LogP contribution is 2.20. The van der Waals surface area contributed by atoms with E-state index in [2.05, 4.69) is 5.32 Å². The summed E-state index contributed by atoms with van der Waals surface area (Å²) in [6.45, 7) is 6.19. The molecule has 0 saturated carbocycles. The molecule has 0 radical (unpaired) electrons. The minimum absolute atomic E-state index is 0.197. The quantitative estimate of drug-likeness (QED) is 0.882. The molecule has 0 aliphatic rings. The molecule has 0 fully saturated rings. The number of nitrogens with one attached hydrogen (secondary N) is 1. The maximum Gasteiger partial charge on any atom is 0.265 e. The van der Waals surface area contributed by atoms with Crippen LogP contribution in [0.2, 0.25) is 0 Å². The van der Waals surface area contributed by atoms with E-state index in [0.717, 1.165) is 11.3 Å². The molecule has 116 valence electrons. The lowest BCUT2D eigenvalue weighted by atomic mass is 10.2. The van der Waals surface area contributed by atoms with Crippen molar-refractivity contribution >= 4 is 11.6 Å².